The summed E-state index contributed by atoms with van der Waals surface area (Å²) in [4.78, 5) is 12.3. The van der Waals surface area contributed by atoms with Crippen LogP contribution >= 0.6 is 11.6 Å². The lowest BCUT2D eigenvalue weighted by Crippen LogP contribution is -2.15. The van der Waals surface area contributed by atoms with Crippen molar-refractivity contribution < 1.29 is 9.84 Å². The first-order valence-electron chi connectivity index (χ1n) is 5.46. The van der Waals surface area contributed by atoms with E-state index < -0.39 is 0 Å². The summed E-state index contributed by atoms with van der Waals surface area (Å²) in [6.45, 7) is 4.33. The number of aliphatic hydroxyl groups is 1. The van der Waals surface area contributed by atoms with Crippen LogP contribution in [-0.4, -0.2) is 43.9 Å². The van der Waals surface area contributed by atoms with Crippen LogP contribution in [0.3, 0.4) is 0 Å². The smallest absolute Gasteiger partial charge is 0.165 e. The first-order chi connectivity index (χ1) is 8.72. The molecular formula is C11H11ClN4O2. The second kappa shape index (κ2) is 4.31. The van der Waals surface area contributed by atoms with Crippen molar-refractivity contribution in [2.75, 3.05) is 13.2 Å². The molecule has 18 heavy (non-hydrogen) atoms. The number of aliphatic hydroxyl groups excluding tert-OH is 1. The average molecular weight is 267 g/mol. The van der Waals surface area contributed by atoms with Gasteiger partial charge in [0.15, 0.2) is 10.8 Å². The Morgan fingerprint density at radius 3 is 3.06 bits per heavy atom. The third kappa shape index (κ3) is 1.61. The van der Waals surface area contributed by atoms with Crippen molar-refractivity contribution in [3.05, 3.63) is 30.0 Å². The van der Waals surface area contributed by atoms with Crippen LogP contribution in [-0.2, 0) is 4.74 Å². The molecule has 1 saturated heterocycles. The lowest BCUT2D eigenvalue weighted by molar-refractivity contribution is 0.0689. The molecule has 0 bridgehead atoms. The van der Waals surface area contributed by atoms with E-state index in [-0.39, 0.29) is 18.8 Å². The van der Waals surface area contributed by atoms with E-state index in [1.807, 2.05) is 4.57 Å². The fraction of sp³-hybridized carbons (Fsp3) is 0.364. The molecule has 0 radical (unpaired) electrons. The van der Waals surface area contributed by atoms with Gasteiger partial charge in [-0.3, -0.25) is 0 Å². The first-order valence-corrected chi connectivity index (χ1v) is 5.84. The molecule has 2 aromatic rings. The molecule has 0 spiro atoms. The molecule has 0 saturated carbocycles. The molecule has 6 nitrogen and oxygen atoms in total. The Hall–Kier alpha value is -1.50. The molecule has 1 aliphatic rings. The van der Waals surface area contributed by atoms with Gasteiger partial charge in [0.1, 0.15) is 17.9 Å². The van der Waals surface area contributed by atoms with Gasteiger partial charge in [-0.25, -0.2) is 15.0 Å². The summed E-state index contributed by atoms with van der Waals surface area (Å²) in [5.41, 5.74) is 2.01. The van der Waals surface area contributed by atoms with Gasteiger partial charge in [0.2, 0.25) is 0 Å². The molecule has 1 aliphatic heterocycles. The molecule has 2 atom stereocenters. The highest BCUT2D eigenvalue weighted by Gasteiger charge is 2.31. The number of aromatic nitrogens is 4. The second-order valence-corrected chi connectivity index (χ2v) is 4.44. The monoisotopic (exact) mass is 266 g/mol. The number of nitrogens with zero attached hydrogens (tertiary/aromatic N) is 4. The van der Waals surface area contributed by atoms with Gasteiger partial charge in [-0.1, -0.05) is 18.2 Å². The Kier molecular flexibility index (Phi) is 2.77. The van der Waals surface area contributed by atoms with Gasteiger partial charge in [-0.05, 0) is 5.57 Å². The fourth-order valence-corrected chi connectivity index (χ4v) is 2.29. The Balaban J connectivity index is 2.06. The molecule has 0 amide bonds. The van der Waals surface area contributed by atoms with Crippen LogP contribution in [0.15, 0.2) is 24.8 Å². The van der Waals surface area contributed by atoms with Gasteiger partial charge in [-0.2, -0.15) is 0 Å². The predicted molar refractivity (Wildman–Crippen MR) is 65.3 cm³/mol. The van der Waals surface area contributed by atoms with Crippen LogP contribution in [0.2, 0.25) is 5.15 Å². The standard InChI is InChI=1S/C11H11ClN4O2/c1-6-7(3-18-8(6)2-17)16-5-15-9-10(12)13-4-14-11(9)16/h4-5,7-8,17H,1-3H2/t7-,8-/m1/s1. The topological polar surface area (TPSA) is 73.1 Å². The van der Waals surface area contributed by atoms with Crippen molar-refractivity contribution in [1.29, 1.82) is 0 Å². The van der Waals surface area contributed by atoms with Crippen LogP contribution in [0.25, 0.3) is 11.2 Å². The molecule has 94 valence electrons. The van der Waals surface area contributed by atoms with E-state index in [1.54, 1.807) is 6.33 Å². The van der Waals surface area contributed by atoms with E-state index in [9.17, 15) is 0 Å². The highest BCUT2D eigenvalue weighted by molar-refractivity contribution is 6.33. The number of imidazole rings is 1. The normalized spacial score (nSPS) is 24.0. The molecule has 1 fully saturated rings. The van der Waals surface area contributed by atoms with Crippen LogP contribution in [0.5, 0.6) is 0 Å². The van der Waals surface area contributed by atoms with Gasteiger partial charge in [0.05, 0.1) is 25.6 Å². The summed E-state index contributed by atoms with van der Waals surface area (Å²) < 4.78 is 7.30. The maximum Gasteiger partial charge on any atom is 0.165 e. The number of hydrogen-bond acceptors (Lipinski definition) is 5. The minimum atomic E-state index is -0.329. The van der Waals surface area contributed by atoms with E-state index in [1.165, 1.54) is 6.33 Å². The van der Waals surface area contributed by atoms with Crippen molar-refractivity contribution in [3.8, 4) is 0 Å². The molecule has 0 aromatic carbocycles. The van der Waals surface area contributed by atoms with E-state index in [0.717, 1.165) is 5.57 Å². The first kappa shape index (κ1) is 11.6. The lowest BCUT2D eigenvalue weighted by atomic mass is 10.1. The van der Waals surface area contributed by atoms with E-state index in [2.05, 4.69) is 21.5 Å². The van der Waals surface area contributed by atoms with Crippen LogP contribution in [0, 0.1) is 0 Å². The molecular weight excluding hydrogens is 256 g/mol. The maximum absolute atomic E-state index is 9.15. The van der Waals surface area contributed by atoms with Crippen LogP contribution in [0.1, 0.15) is 6.04 Å². The van der Waals surface area contributed by atoms with Gasteiger partial charge >= 0.3 is 0 Å². The highest BCUT2D eigenvalue weighted by Crippen LogP contribution is 2.31. The highest BCUT2D eigenvalue weighted by atomic mass is 35.5. The average Bonchev–Trinajstić information content (AvgIpc) is 2.93. The van der Waals surface area contributed by atoms with E-state index in [4.69, 9.17) is 21.4 Å². The minimum Gasteiger partial charge on any atom is -0.393 e. The number of hydrogen-bond donors (Lipinski definition) is 1. The zero-order valence-corrected chi connectivity index (χ0v) is 10.2. The molecule has 0 aliphatic carbocycles. The second-order valence-electron chi connectivity index (χ2n) is 4.08. The van der Waals surface area contributed by atoms with Gasteiger partial charge in [-0.15, -0.1) is 0 Å². The molecule has 1 N–H and O–H groups in total. The van der Waals surface area contributed by atoms with Gasteiger partial charge in [0, 0.05) is 0 Å². The number of rotatable bonds is 2. The third-order valence-electron chi connectivity index (χ3n) is 3.11. The Bertz CT molecular complexity index is 612. The summed E-state index contributed by atoms with van der Waals surface area (Å²) in [7, 11) is 0. The van der Waals surface area contributed by atoms with Gasteiger partial charge < -0.3 is 14.4 Å². The molecule has 7 heteroatoms. The van der Waals surface area contributed by atoms with Crippen molar-refractivity contribution in [2.24, 2.45) is 0 Å². The van der Waals surface area contributed by atoms with Crippen molar-refractivity contribution in [1.82, 2.24) is 19.5 Å². The van der Waals surface area contributed by atoms with Crippen LogP contribution in [0.4, 0.5) is 0 Å². The molecule has 3 rings (SSSR count). The Morgan fingerprint density at radius 1 is 1.50 bits per heavy atom. The number of fused-ring (bicyclic) bond motifs is 1. The quantitative estimate of drug-likeness (QED) is 0.648. The number of halogens is 1. The Morgan fingerprint density at radius 2 is 2.33 bits per heavy atom. The summed E-state index contributed by atoms with van der Waals surface area (Å²) >= 11 is 5.95. The SMILES string of the molecule is C=C1[C@H](n2cnc3c(Cl)ncnc32)CO[C@@H]1CO. The van der Waals surface area contributed by atoms with Crippen molar-refractivity contribution >= 4 is 22.8 Å². The molecule has 3 heterocycles. The summed E-state index contributed by atoms with van der Waals surface area (Å²) in [6.07, 6.45) is 2.71. The Labute approximate surface area is 108 Å². The minimum absolute atomic E-state index is 0.0717. The fourth-order valence-electron chi connectivity index (χ4n) is 2.12. The third-order valence-corrected chi connectivity index (χ3v) is 3.39. The summed E-state index contributed by atoms with van der Waals surface area (Å²) in [5.74, 6) is 0. The van der Waals surface area contributed by atoms with E-state index in [0.29, 0.717) is 22.9 Å². The van der Waals surface area contributed by atoms with E-state index >= 15 is 0 Å². The summed E-state index contributed by atoms with van der Waals surface area (Å²) in [5, 5.41) is 9.47. The zero-order chi connectivity index (χ0) is 12.7. The maximum atomic E-state index is 9.15. The van der Waals surface area contributed by atoms with Crippen LogP contribution < -0.4 is 0 Å². The summed E-state index contributed by atoms with van der Waals surface area (Å²) in [6, 6.07) is -0.0851. The van der Waals surface area contributed by atoms with Crippen molar-refractivity contribution in [2.45, 2.75) is 12.1 Å². The van der Waals surface area contributed by atoms with Gasteiger partial charge in [0.25, 0.3) is 0 Å². The molecule has 0 unspecified atom stereocenters. The van der Waals surface area contributed by atoms with Crippen molar-refractivity contribution in [3.63, 3.8) is 0 Å². The number of ether oxygens (including phenoxy) is 1. The predicted octanol–water partition coefficient (Wildman–Crippen LogP) is 0.968. The zero-order valence-electron chi connectivity index (χ0n) is 9.45. The largest absolute Gasteiger partial charge is 0.393 e. The molecule has 2 aromatic heterocycles. The lowest BCUT2D eigenvalue weighted by Gasteiger charge is -2.13.